The molecule has 0 aliphatic carbocycles. The summed E-state index contributed by atoms with van der Waals surface area (Å²) in [5, 5.41) is 27.1. The fourth-order valence-electron chi connectivity index (χ4n) is 10.00. The number of amides is 7. The van der Waals surface area contributed by atoms with E-state index in [-0.39, 0.29) is 65.9 Å². The molecule has 7 amide bonds. The number of nitrogens with two attached hydrogens (primary N) is 2. The third-order valence-electron chi connectivity index (χ3n) is 14.8. The molecule has 5 atom stereocenters. The second kappa shape index (κ2) is 34.1. The van der Waals surface area contributed by atoms with Gasteiger partial charge in [0.1, 0.15) is 58.9 Å². The van der Waals surface area contributed by atoms with Gasteiger partial charge in [-0.2, -0.15) is 13.5 Å². The Balaban J connectivity index is 0.000000302. The van der Waals surface area contributed by atoms with Crippen LogP contribution in [-0.4, -0.2) is 226 Å². The Kier molecular flexibility index (Phi) is 26.6. The summed E-state index contributed by atoms with van der Waals surface area (Å²) in [6, 6.07) is 18.7. The molecule has 10 N–H and O–H groups in total. The smallest absolute Gasteiger partial charge is 0.418 e. The van der Waals surface area contributed by atoms with E-state index in [0.717, 1.165) is 22.5 Å². The molecule has 8 rings (SSSR count). The van der Waals surface area contributed by atoms with Crippen molar-refractivity contribution in [3.05, 3.63) is 106 Å². The van der Waals surface area contributed by atoms with Crippen LogP contribution in [0.5, 0.6) is 11.5 Å². The van der Waals surface area contributed by atoms with Gasteiger partial charge in [-0.15, -0.1) is 20.7 Å². The molecule has 1 aromatic heterocycles. The number of aliphatic carboxylic acids is 1. The number of nitrogen functional groups attached to an aromatic ring is 1. The lowest BCUT2D eigenvalue weighted by Gasteiger charge is -2.50. The maximum atomic E-state index is 13.8. The minimum Gasteiger partial charge on any atom is -0.490 e. The summed E-state index contributed by atoms with van der Waals surface area (Å²) < 4.78 is 69.2. The number of ether oxygens (including phenoxy) is 6. The molecule has 3 aromatic carbocycles. The summed E-state index contributed by atoms with van der Waals surface area (Å²) in [6.07, 6.45) is -5.38. The number of oxime groups is 1. The van der Waals surface area contributed by atoms with E-state index in [1.165, 1.54) is 41.2 Å². The molecular formula is C67H90N14O22S2. The Labute approximate surface area is 610 Å². The highest BCUT2D eigenvalue weighted by molar-refractivity contribution is 7.80. The number of esters is 1. The molecule has 0 radical (unpaired) electrons. The Bertz CT molecular complexity index is 4010. The van der Waals surface area contributed by atoms with Gasteiger partial charge >= 0.3 is 40.6 Å². The molecule has 0 saturated carbocycles. The number of anilines is 1. The highest BCUT2D eigenvalue weighted by Gasteiger charge is 2.58. The van der Waals surface area contributed by atoms with Gasteiger partial charge in [0, 0.05) is 56.5 Å². The SMILES string of the molecule is CC(C)(C)OC(=O)NCCN(C(=O)OC(C)(C)C)C1=NCC(c2ccc(OC[C@H](ON3C(=O)c4ccccc4C3=O)C(=O)OC(C)(C)C)cc2)CN1C(=O)OC(C)(C)C.CC1(C)[C@H](NC(=O)/C(=N\O[C@@H](COc2ccc(C3CN=C(NCCN)NC3)cc2)C(=O)O)c2csc(N)n2)C(=O)N1OS(=O)(=O)O. The number of aromatic nitrogens is 1. The zero-order valence-electron chi connectivity index (χ0n) is 60.6. The fraction of sp³-hybridized carbons (Fsp3) is 0.507. The van der Waals surface area contributed by atoms with Crippen molar-refractivity contribution in [2.24, 2.45) is 20.9 Å². The summed E-state index contributed by atoms with van der Waals surface area (Å²) in [4.78, 5) is 143. The normalized spacial score (nSPS) is 18.0. The van der Waals surface area contributed by atoms with Gasteiger partial charge in [-0.25, -0.2) is 43.6 Å². The lowest BCUT2D eigenvalue weighted by Crippen LogP contribution is -2.76. The second-order valence-corrected chi connectivity index (χ2v) is 30.3. The van der Waals surface area contributed by atoms with Gasteiger partial charge in [-0.05, 0) is 144 Å². The van der Waals surface area contributed by atoms with E-state index in [9.17, 15) is 56.7 Å². The van der Waals surface area contributed by atoms with Crippen molar-refractivity contribution in [2.75, 3.05) is 71.3 Å². The van der Waals surface area contributed by atoms with Gasteiger partial charge in [0.15, 0.2) is 16.8 Å². The van der Waals surface area contributed by atoms with E-state index >= 15 is 0 Å². The van der Waals surface area contributed by atoms with Crippen molar-refractivity contribution >= 4 is 98.3 Å². The lowest BCUT2D eigenvalue weighted by atomic mass is 9.84. The topological polar surface area (TPSA) is 474 Å². The molecule has 572 valence electrons. The van der Waals surface area contributed by atoms with Crippen LogP contribution < -0.4 is 42.2 Å². The van der Waals surface area contributed by atoms with Gasteiger partial charge in [0.25, 0.3) is 29.7 Å². The van der Waals surface area contributed by atoms with Crippen molar-refractivity contribution in [3.63, 3.8) is 0 Å². The number of guanidine groups is 2. The van der Waals surface area contributed by atoms with Crippen LogP contribution >= 0.6 is 11.3 Å². The van der Waals surface area contributed by atoms with Crippen LogP contribution in [0, 0.1) is 0 Å². The average Bonchev–Trinajstić information content (AvgIpc) is 1.44. The molecule has 5 heterocycles. The molecule has 105 heavy (non-hydrogen) atoms. The number of β-lactam (4-membered cyclic amide) rings is 1. The number of carboxylic acid groups (broad SMARTS) is 1. The maximum Gasteiger partial charge on any atom is 0.418 e. The van der Waals surface area contributed by atoms with Crippen molar-refractivity contribution in [2.45, 2.75) is 155 Å². The molecule has 4 aliphatic rings. The molecule has 0 spiro atoms. The Hall–Kier alpha value is -10.3. The van der Waals surface area contributed by atoms with Gasteiger partial charge in [-0.3, -0.25) is 33.7 Å². The summed E-state index contributed by atoms with van der Waals surface area (Å²) in [5.74, 6) is -4.62. The standard InChI is InChI=1S/C42H57N5O12.C25H33N9O10S2/c1-39(2,3)55-34(50)31(59-47-32(48)29-15-13-14-16-30(29)33(47)49)25-54-28-19-17-26(18-20-28)27-23-44-35(46(24-27)38(53)58-42(10,11)12)45(37(52)57-41(7,8)9)22-21-43-36(51)56-40(4,5)6;1-25(2)19(21(36)34(25)44-46(39,40)41)32-20(35)18(16-12-45-23(27)31-16)33-43-17(22(37)38)11-42-15-5-3-13(4-6-15)14-9-29-24(30-10-14)28-8-7-26/h13-20,27,31H,21-25H2,1-12H3,(H,43,51);3-6,12,14,17,19H,7-11,26H2,1-2H3,(H2,27,31)(H,32,35)(H,37,38)(H2,28,29,30)(H,39,40,41)/b;33-18-/t27?,31-;17-,19+/m00/s1. The number of carbonyl (C=O) groups excluding carboxylic acids is 8. The highest BCUT2D eigenvalue weighted by Crippen LogP contribution is 2.34. The van der Waals surface area contributed by atoms with Gasteiger partial charge in [-0.1, -0.05) is 41.6 Å². The number of carbonyl (C=O) groups is 9. The first-order valence-electron chi connectivity index (χ1n) is 33.0. The molecule has 4 aliphatic heterocycles. The molecule has 36 nitrogen and oxygen atoms in total. The summed E-state index contributed by atoms with van der Waals surface area (Å²) in [7, 11) is -5.01. The summed E-state index contributed by atoms with van der Waals surface area (Å²) in [6.45, 7) is 24.7. The Morgan fingerprint density at radius 1 is 0.762 bits per heavy atom. The zero-order valence-corrected chi connectivity index (χ0v) is 62.2. The van der Waals surface area contributed by atoms with Crippen LogP contribution in [0.1, 0.15) is 146 Å². The van der Waals surface area contributed by atoms with Crippen LogP contribution in [0.3, 0.4) is 0 Å². The predicted octanol–water partition coefficient (Wildman–Crippen LogP) is 4.86. The fourth-order valence-corrected chi connectivity index (χ4v) is 11.0. The second-order valence-electron chi connectivity index (χ2n) is 28.4. The number of hydrogen-bond acceptors (Lipinski definition) is 29. The van der Waals surface area contributed by atoms with Gasteiger partial charge in [0.2, 0.25) is 12.1 Å². The van der Waals surface area contributed by atoms with Crippen molar-refractivity contribution in [1.82, 2.24) is 46.2 Å². The van der Waals surface area contributed by atoms with Crippen LogP contribution in [0.25, 0.3) is 0 Å². The highest BCUT2D eigenvalue weighted by atomic mass is 32.3. The van der Waals surface area contributed by atoms with Crippen LogP contribution in [-0.2, 0) is 62.5 Å². The molecule has 1 saturated heterocycles. The predicted molar refractivity (Wildman–Crippen MR) is 378 cm³/mol. The first-order valence-corrected chi connectivity index (χ1v) is 35.2. The van der Waals surface area contributed by atoms with Crippen molar-refractivity contribution in [1.29, 1.82) is 0 Å². The van der Waals surface area contributed by atoms with Crippen molar-refractivity contribution < 1.29 is 104 Å². The molecule has 4 aromatic rings. The maximum absolute atomic E-state index is 13.8. The zero-order chi connectivity index (χ0) is 77.7. The number of nitrogens with one attached hydrogen (secondary N) is 4. The van der Waals surface area contributed by atoms with E-state index in [2.05, 4.69) is 40.7 Å². The number of benzene rings is 3. The lowest BCUT2D eigenvalue weighted by molar-refractivity contribution is -0.218. The molecular weight excluding hydrogens is 1420 g/mol. The van der Waals surface area contributed by atoms with Gasteiger partial charge in [0.05, 0.1) is 29.8 Å². The molecule has 1 fully saturated rings. The van der Waals surface area contributed by atoms with Crippen molar-refractivity contribution in [3.8, 4) is 11.5 Å². The number of carboxylic acids is 1. The number of nitrogens with zero attached hydrogens (tertiary/aromatic N) is 8. The third kappa shape index (κ3) is 23.6. The number of hydroxylamine groups is 4. The number of hydrogen-bond donors (Lipinski definition) is 8. The number of alkyl carbamates (subject to hydrolysis) is 1. The van der Waals surface area contributed by atoms with Gasteiger partial charge < -0.3 is 71.1 Å². The summed E-state index contributed by atoms with van der Waals surface area (Å²) >= 11 is 0.959. The van der Waals surface area contributed by atoms with E-state index in [0.29, 0.717) is 53.8 Å². The van der Waals surface area contributed by atoms with E-state index < -0.39 is 129 Å². The third-order valence-corrected chi connectivity index (χ3v) is 15.8. The number of rotatable bonds is 24. The van der Waals surface area contributed by atoms with Crippen LogP contribution in [0.2, 0.25) is 0 Å². The Morgan fingerprint density at radius 2 is 1.31 bits per heavy atom. The first-order chi connectivity index (χ1) is 48.9. The van der Waals surface area contributed by atoms with E-state index in [4.69, 9.17) is 59.1 Å². The number of imide groups is 1. The number of thiazole rings is 1. The number of aliphatic imine (C=N–C) groups is 2. The molecule has 38 heteroatoms. The van der Waals surface area contributed by atoms with Crippen LogP contribution in [0.15, 0.2) is 93.3 Å². The van der Waals surface area contributed by atoms with E-state index in [1.54, 1.807) is 132 Å². The average molecular weight is 1510 g/mol. The summed E-state index contributed by atoms with van der Waals surface area (Å²) in [5.41, 5.74) is 7.79. The monoisotopic (exact) mass is 1510 g/mol. The molecule has 0 bridgehead atoms. The Morgan fingerprint density at radius 3 is 1.81 bits per heavy atom. The minimum atomic E-state index is -5.01. The minimum absolute atomic E-state index is 0.0121. The number of fused-ring (bicyclic) bond motifs is 1. The first kappa shape index (κ1) is 82.0. The quantitative estimate of drug-likeness (QED) is 0.00882. The molecule has 2 unspecified atom stereocenters. The van der Waals surface area contributed by atoms with E-state index in [1.807, 2.05) is 12.1 Å². The largest absolute Gasteiger partial charge is 0.490 e. The van der Waals surface area contributed by atoms with Crippen LogP contribution in [0.4, 0.5) is 19.5 Å².